The SMILES string of the molecule is CCCOC(=O)CCCCCCCCCCCCCC(CC)CCC(=O)OCCC. The van der Waals surface area contributed by atoms with E-state index in [1.165, 1.54) is 70.6 Å². The average Bonchev–Trinajstić information content (AvgIpc) is 2.75. The van der Waals surface area contributed by atoms with Crippen molar-refractivity contribution in [3.63, 3.8) is 0 Å². The van der Waals surface area contributed by atoms with Crippen molar-refractivity contribution in [3.05, 3.63) is 0 Å². The molecule has 0 amide bonds. The van der Waals surface area contributed by atoms with Crippen LogP contribution in [-0.2, 0) is 19.1 Å². The molecule has 0 saturated carbocycles. The lowest BCUT2D eigenvalue weighted by Crippen LogP contribution is -2.08. The van der Waals surface area contributed by atoms with E-state index in [1.54, 1.807) is 0 Å². The molecule has 1 unspecified atom stereocenters. The van der Waals surface area contributed by atoms with Gasteiger partial charge in [0.15, 0.2) is 0 Å². The summed E-state index contributed by atoms with van der Waals surface area (Å²) < 4.78 is 10.3. The van der Waals surface area contributed by atoms with Crippen LogP contribution in [0.3, 0.4) is 0 Å². The molecule has 0 aliphatic carbocycles. The number of hydrogen-bond acceptors (Lipinski definition) is 4. The minimum atomic E-state index is -0.0309. The summed E-state index contributed by atoms with van der Waals surface area (Å²) in [5.74, 6) is 0.619. The molecular weight excluding hydrogens is 376 g/mol. The molecule has 0 aliphatic heterocycles. The maximum absolute atomic E-state index is 11.6. The Hall–Kier alpha value is -1.06. The zero-order chi connectivity index (χ0) is 22.3. The molecule has 0 saturated heterocycles. The molecule has 178 valence electrons. The monoisotopic (exact) mass is 426 g/mol. The summed E-state index contributed by atoms with van der Waals surface area (Å²) in [6.07, 6.45) is 20.4. The number of ether oxygens (including phenoxy) is 2. The summed E-state index contributed by atoms with van der Waals surface area (Å²) >= 11 is 0. The molecule has 0 spiro atoms. The van der Waals surface area contributed by atoms with Crippen LogP contribution in [0, 0.1) is 5.92 Å². The molecule has 0 N–H and O–H groups in total. The number of carbonyl (C=O) groups is 2. The molecule has 0 rings (SSSR count). The molecule has 0 aromatic rings. The minimum absolute atomic E-state index is 0.0234. The molecule has 0 fully saturated rings. The van der Waals surface area contributed by atoms with Crippen LogP contribution in [-0.4, -0.2) is 25.2 Å². The van der Waals surface area contributed by atoms with Crippen LogP contribution in [0.25, 0.3) is 0 Å². The third kappa shape index (κ3) is 20.2. The fourth-order valence-corrected chi connectivity index (χ4v) is 3.74. The first-order valence-corrected chi connectivity index (χ1v) is 12.9. The summed E-state index contributed by atoms with van der Waals surface area (Å²) in [5, 5.41) is 0. The van der Waals surface area contributed by atoms with Crippen LogP contribution in [0.15, 0.2) is 0 Å². The zero-order valence-electron chi connectivity index (χ0n) is 20.4. The second-order valence-corrected chi connectivity index (χ2v) is 8.68. The number of unbranched alkanes of at least 4 members (excludes halogenated alkanes) is 10. The Balaban J connectivity index is 3.36. The van der Waals surface area contributed by atoms with Crippen LogP contribution < -0.4 is 0 Å². The van der Waals surface area contributed by atoms with E-state index >= 15 is 0 Å². The van der Waals surface area contributed by atoms with Gasteiger partial charge in [0.25, 0.3) is 0 Å². The highest BCUT2D eigenvalue weighted by atomic mass is 16.5. The van der Waals surface area contributed by atoms with Crippen molar-refractivity contribution in [2.75, 3.05) is 13.2 Å². The van der Waals surface area contributed by atoms with Gasteiger partial charge in [0.05, 0.1) is 13.2 Å². The van der Waals surface area contributed by atoms with Crippen LogP contribution in [0.2, 0.25) is 0 Å². The third-order valence-electron chi connectivity index (χ3n) is 5.76. The van der Waals surface area contributed by atoms with Crippen molar-refractivity contribution in [1.29, 1.82) is 0 Å². The molecule has 0 aromatic heterocycles. The van der Waals surface area contributed by atoms with Gasteiger partial charge in [-0.15, -0.1) is 0 Å². The minimum Gasteiger partial charge on any atom is -0.466 e. The van der Waals surface area contributed by atoms with E-state index in [2.05, 4.69) is 6.92 Å². The molecule has 0 bridgehead atoms. The van der Waals surface area contributed by atoms with Crippen LogP contribution in [0.5, 0.6) is 0 Å². The number of esters is 2. The Morgan fingerprint density at radius 2 is 1.00 bits per heavy atom. The van der Waals surface area contributed by atoms with E-state index in [-0.39, 0.29) is 11.9 Å². The Labute approximate surface area is 186 Å². The van der Waals surface area contributed by atoms with Gasteiger partial charge in [-0.05, 0) is 31.6 Å². The molecule has 0 radical (unpaired) electrons. The van der Waals surface area contributed by atoms with Crippen molar-refractivity contribution in [3.8, 4) is 0 Å². The largest absolute Gasteiger partial charge is 0.466 e. The normalized spacial score (nSPS) is 12.0. The topological polar surface area (TPSA) is 52.6 Å². The van der Waals surface area contributed by atoms with Gasteiger partial charge in [-0.1, -0.05) is 97.8 Å². The molecule has 4 nitrogen and oxygen atoms in total. The smallest absolute Gasteiger partial charge is 0.305 e. The second kappa shape index (κ2) is 22.6. The predicted molar refractivity (Wildman–Crippen MR) is 126 cm³/mol. The molecule has 4 heteroatoms. The first-order valence-electron chi connectivity index (χ1n) is 12.9. The fraction of sp³-hybridized carbons (Fsp3) is 0.923. The second-order valence-electron chi connectivity index (χ2n) is 8.68. The van der Waals surface area contributed by atoms with Gasteiger partial charge in [0, 0.05) is 12.8 Å². The Kier molecular flexibility index (Phi) is 21.8. The van der Waals surface area contributed by atoms with Crippen LogP contribution in [0.4, 0.5) is 0 Å². The summed E-state index contributed by atoms with van der Waals surface area (Å²) in [6.45, 7) is 7.41. The number of rotatable bonds is 22. The highest BCUT2D eigenvalue weighted by Crippen LogP contribution is 2.20. The summed E-state index contributed by atoms with van der Waals surface area (Å²) in [5.41, 5.74) is 0. The summed E-state index contributed by atoms with van der Waals surface area (Å²) in [4.78, 5) is 23.0. The quantitative estimate of drug-likeness (QED) is 0.131. The van der Waals surface area contributed by atoms with Crippen LogP contribution in [0.1, 0.15) is 136 Å². The standard InChI is InChI=1S/C26H50O4/c1-4-22-29-25(27)19-17-15-13-11-9-7-8-10-12-14-16-18-24(6-3)20-21-26(28)30-23-5-2/h24H,4-23H2,1-3H3. The van der Waals surface area contributed by atoms with Crippen molar-refractivity contribution in [1.82, 2.24) is 0 Å². The van der Waals surface area contributed by atoms with Gasteiger partial charge in [0.1, 0.15) is 0 Å². The van der Waals surface area contributed by atoms with Crippen molar-refractivity contribution in [2.45, 2.75) is 136 Å². The third-order valence-corrected chi connectivity index (χ3v) is 5.76. The lowest BCUT2D eigenvalue weighted by atomic mass is 9.93. The highest BCUT2D eigenvalue weighted by Gasteiger charge is 2.10. The predicted octanol–water partition coefficient (Wildman–Crippen LogP) is 7.77. The van der Waals surface area contributed by atoms with Crippen molar-refractivity contribution >= 4 is 11.9 Å². The number of hydrogen-bond donors (Lipinski definition) is 0. The van der Waals surface area contributed by atoms with Gasteiger partial charge in [-0.2, -0.15) is 0 Å². The van der Waals surface area contributed by atoms with E-state index in [9.17, 15) is 9.59 Å². The maximum atomic E-state index is 11.6. The lowest BCUT2D eigenvalue weighted by Gasteiger charge is -2.14. The van der Waals surface area contributed by atoms with Gasteiger partial charge < -0.3 is 9.47 Å². The van der Waals surface area contributed by atoms with E-state index in [1.807, 2.05) is 13.8 Å². The molecule has 1 atom stereocenters. The lowest BCUT2D eigenvalue weighted by molar-refractivity contribution is -0.144. The van der Waals surface area contributed by atoms with Gasteiger partial charge in [-0.3, -0.25) is 9.59 Å². The van der Waals surface area contributed by atoms with Crippen molar-refractivity contribution in [2.24, 2.45) is 5.92 Å². The molecule has 30 heavy (non-hydrogen) atoms. The van der Waals surface area contributed by atoms with E-state index in [0.717, 1.165) is 32.1 Å². The number of carbonyl (C=O) groups excluding carboxylic acids is 2. The fourth-order valence-electron chi connectivity index (χ4n) is 3.74. The molecule has 0 heterocycles. The summed E-state index contributed by atoms with van der Waals surface area (Å²) in [7, 11) is 0. The summed E-state index contributed by atoms with van der Waals surface area (Å²) in [6, 6.07) is 0. The Morgan fingerprint density at radius 3 is 1.47 bits per heavy atom. The van der Waals surface area contributed by atoms with Gasteiger partial charge >= 0.3 is 11.9 Å². The van der Waals surface area contributed by atoms with E-state index in [4.69, 9.17) is 9.47 Å². The van der Waals surface area contributed by atoms with Gasteiger partial charge in [-0.25, -0.2) is 0 Å². The van der Waals surface area contributed by atoms with E-state index < -0.39 is 0 Å². The maximum Gasteiger partial charge on any atom is 0.305 e. The van der Waals surface area contributed by atoms with Gasteiger partial charge in [0.2, 0.25) is 0 Å². The highest BCUT2D eigenvalue weighted by molar-refractivity contribution is 5.69. The Morgan fingerprint density at radius 1 is 0.567 bits per heavy atom. The first-order chi connectivity index (χ1) is 14.6. The van der Waals surface area contributed by atoms with E-state index in [0.29, 0.717) is 32.0 Å². The first kappa shape index (κ1) is 28.9. The van der Waals surface area contributed by atoms with Crippen molar-refractivity contribution < 1.29 is 19.1 Å². The average molecular weight is 427 g/mol. The molecule has 0 aromatic carbocycles. The molecule has 0 aliphatic rings. The van der Waals surface area contributed by atoms with Crippen LogP contribution >= 0.6 is 0 Å². The Bertz CT molecular complexity index is 394. The molecular formula is C26H50O4. The zero-order valence-corrected chi connectivity index (χ0v) is 20.4.